The number of rotatable bonds is 7. The van der Waals surface area contributed by atoms with Gasteiger partial charge in [0.05, 0.1) is 6.07 Å². The maximum absolute atomic E-state index is 9.23. The second kappa shape index (κ2) is 6.04. The molecular formula is C15H27N3. The van der Waals surface area contributed by atoms with E-state index in [-0.39, 0.29) is 0 Å². The van der Waals surface area contributed by atoms with Crippen molar-refractivity contribution in [2.45, 2.75) is 57.4 Å². The zero-order valence-electron chi connectivity index (χ0n) is 11.7. The topological polar surface area (TPSA) is 53.0 Å². The summed E-state index contributed by atoms with van der Waals surface area (Å²) < 4.78 is 0. The summed E-state index contributed by atoms with van der Waals surface area (Å²) in [6.07, 6.45) is 8.34. The van der Waals surface area contributed by atoms with Crippen molar-refractivity contribution in [1.82, 2.24) is 4.90 Å². The molecule has 2 saturated carbocycles. The second-order valence-electron chi connectivity index (χ2n) is 6.27. The van der Waals surface area contributed by atoms with Crippen LogP contribution >= 0.6 is 0 Å². The third kappa shape index (κ3) is 3.46. The summed E-state index contributed by atoms with van der Waals surface area (Å²) in [6.45, 7) is 5.85. The minimum absolute atomic E-state index is 0.418. The number of nitriles is 1. The fourth-order valence-corrected chi connectivity index (χ4v) is 3.27. The first-order valence-electron chi connectivity index (χ1n) is 7.60. The van der Waals surface area contributed by atoms with Gasteiger partial charge < -0.3 is 10.6 Å². The van der Waals surface area contributed by atoms with Crippen LogP contribution in [0.3, 0.4) is 0 Å². The lowest BCUT2D eigenvalue weighted by Crippen LogP contribution is -2.43. The molecule has 2 N–H and O–H groups in total. The third-order valence-electron chi connectivity index (χ3n) is 4.63. The normalized spacial score (nSPS) is 31.8. The summed E-state index contributed by atoms with van der Waals surface area (Å²) in [4.78, 5) is 2.59. The molecule has 2 atom stereocenters. The highest BCUT2D eigenvalue weighted by molar-refractivity contribution is 5.11. The molecule has 0 aromatic rings. The Bertz CT molecular complexity index is 305. The molecule has 0 heterocycles. The van der Waals surface area contributed by atoms with Gasteiger partial charge in [-0.2, -0.15) is 5.26 Å². The van der Waals surface area contributed by atoms with E-state index in [9.17, 15) is 5.26 Å². The van der Waals surface area contributed by atoms with Crippen LogP contribution in [0.25, 0.3) is 0 Å². The van der Waals surface area contributed by atoms with Crippen LogP contribution in [0.4, 0.5) is 0 Å². The molecule has 2 aliphatic rings. The molecule has 2 rings (SSSR count). The summed E-state index contributed by atoms with van der Waals surface area (Å²) in [7, 11) is 0. The Balaban J connectivity index is 1.79. The maximum Gasteiger partial charge on any atom is 0.107 e. The number of nitrogens with zero attached hydrogens (tertiary/aromatic N) is 2. The molecule has 0 aromatic carbocycles. The number of hydrogen-bond donors (Lipinski definition) is 1. The van der Waals surface area contributed by atoms with Gasteiger partial charge in [0, 0.05) is 6.54 Å². The SMILES string of the molecule is CCCN(CCC1CCCC1(N)C#N)CC1CC1. The highest BCUT2D eigenvalue weighted by Gasteiger charge is 2.39. The Labute approximate surface area is 111 Å². The van der Waals surface area contributed by atoms with E-state index in [0.29, 0.717) is 5.92 Å². The quantitative estimate of drug-likeness (QED) is 0.754. The van der Waals surface area contributed by atoms with Gasteiger partial charge in [-0.1, -0.05) is 13.3 Å². The smallest absolute Gasteiger partial charge is 0.107 e. The van der Waals surface area contributed by atoms with Crippen LogP contribution in [-0.4, -0.2) is 30.1 Å². The molecule has 0 aromatic heterocycles. The minimum atomic E-state index is -0.530. The van der Waals surface area contributed by atoms with Crippen LogP contribution in [0.2, 0.25) is 0 Å². The van der Waals surface area contributed by atoms with Crippen LogP contribution in [-0.2, 0) is 0 Å². The highest BCUT2D eigenvalue weighted by atomic mass is 15.1. The zero-order chi connectivity index (χ0) is 13.0. The molecule has 3 heteroatoms. The van der Waals surface area contributed by atoms with Crippen molar-refractivity contribution < 1.29 is 0 Å². The van der Waals surface area contributed by atoms with Crippen molar-refractivity contribution in [3.8, 4) is 6.07 Å². The average Bonchev–Trinajstić information content (AvgIpc) is 3.09. The molecule has 0 amide bonds. The Kier molecular flexibility index (Phi) is 4.64. The lowest BCUT2D eigenvalue weighted by Gasteiger charge is -2.28. The average molecular weight is 249 g/mol. The van der Waals surface area contributed by atoms with Crippen LogP contribution < -0.4 is 5.73 Å². The summed E-state index contributed by atoms with van der Waals surface area (Å²) in [5, 5.41) is 9.23. The monoisotopic (exact) mass is 249 g/mol. The molecule has 102 valence electrons. The Hall–Kier alpha value is -0.590. The van der Waals surface area contributed by atoms with Gasteiger partial charge in [-0.25, -0.2) is 0 Å². The van der Waals surface area contributed by atoms with E-state index in [0.717, 1.165) is 38.1 Å². The maximum atomic E-state index is 9.23. The molecule has 2 unspecified atom stereocenters. The van der Waals surface area contributed by atoms with Crippen molar-refractivity contribution in [2.24, 2.45) is 17.6 Å². The molecule has 2 aliphatic carbocycles. The number of hydrogen-bond acceptors (Lipinski definition) is 3. The van der Waals surface area contributed by atoms with Gasteiger partial charge in [0.15, 0.2) is 0 Å². The standard InChI is InChI=1S/C15H27N3/c1-2-9-18(11-13-5-6-13)10-7-14-4-3-8-15(14,17)12-16/h13-14H,2-11,17H2,1H3. The van der Waals surface area contributed by atoms with Gasteiger partial charge in [0.2, 0.25) is 0 Å². The lowest BCUT2D eigenvalue weighted by molar-refractivity contribution is 0.229. The van der Waals surface area contributed by atoms with Crippen molar-refractivity contribution in [3.63, 3.8) is 0 Å². The van der Waals surface area contributed by atoms with E-state index >= 15 is 0 Å². The molecule has 0 radical (unpaired) electrons. The predicted octanol–water partition coefficient (Wildman–Crippen LogP) is 2.52. The molecular weight excluding hydrogens is 222 g/mol. The van der Waals surface area contributed by atoms with Crippen molar-refractivity contribution in [3.05, 3.63) is 0 Å². The molecule has 2 fully saturated rings. The summed E-state index contributed by atoms with van der Waals surface area (Å²) >= 11 is 0. The Morgan fingerprint density at radius 3 is 2.72 bits per heavy atom. The van der Waals surface area contributed by atoms with Crippen LogP contribution in [0.5, 0.6) is 0 Å². The van der Waals surface area contributed by atoms with Gasteiger partial charge in [-0.15, -0.1) is 0 Å². The summed E-state index contributed by atoms with van der Waals surface area (Å²) in [6, 6.07) is 2.36. The van der Waals surface area contributed by atoms with E-state index in [1.807, 2.05) is 0 Å². The molecule has 3 nitrogen and oxygen atoms in total. The third-order valence-corrected chi connectivity index (χ3v) is 4.63. The summed E-state index contributed by atoms with van der Waals surface area (Å²) in [5.41, 5.74) is 5.67. The van der Waals surface area contributed by atoms with Crippen molar-refractivity contribution >= 4 is 0 Å². The van der Waals surface area contributed by atoms with E-state index in [1.54, 1.807) is 0 Å². The van der Waals surface area contributed by atoms with Gasteiger partial charge in [-0.3, -0.25) is 0 Å². The van der Waals surface area contributed by atoms with Gasteiger partial charge in [0.1, 0.15) is 5.54 Å². The fraction of sp³-hybridized carbons (Fsp3) is 0.933. The number of nitrogens with two attached hydrogens (primary N) is 1. The summed E-state index contributed by atoms with van der Waals surface area (Å²) in [5.74, 6) is 1.37. The molecule has 0 bridgehead atoms. The molecule has 0 saturated heterocycles. The molecule has 0 spiro atoms. The zero-order valence-corrected chi connectivity index (χ0v) is 11.7. The van der Waals surface area contributed by atoms with Crippen molar-refractivity contribution in [2.75, 3.05) is 19.6 Å². The van der Waals surface area contributed by atoms with Gasteiger partial charge >= 0.3 is 0 Å². The predicted molar refractivity (Wildman–Crippen MR) is 73.9 cm³/mol. The second-order valence-corrected chi connectivity index (χ2v) is 6.27. The van der Waals surface area contributed by atoms with E-state index < -0.39 is 5.54 Å². The van der Waals surface area contributed by atoms with Gasteiger partial charge in [-0.05, 0) is 63.5 Å². The minimum Gasteiger partial charge on any atom is -0.313 e. The first-order valence-corrected chi connectivity index (χ1v) is 7.60. The largest absolute Gasteiger partial charge is 0.313 e. The Morgan fingerprint density at radius 2 is 2.11 bits per heavy atom. The van der Waals surface area contributed by atoms with Crippen molar-refractivity contribution in [1.29, 1.82) is 5.26 Å². The Morgan fingerprint density at radius 1 is 1.33 bits per heavy atom. The highest BCUT2D eigenvalue weighted by Crippen LogP contribution is 2.36. The van der Waals surface area contributed by atoms with E-state index in [2.05, 4.69) is 17.9 Å². The first kappa shape index (κ1) is 13.8. The van der Waals surface area contributed by atoms with E-state index in [4.69, 9.17) is 5.73 Å². The first-order chi connectivity index (χ1) is 8.68. The van der Waals surface area contributed by atoms with Crippen LogP contribution in [0, 0.1) is 23.2 Å². The molecule has 18 heavy (non-hydrogen) atoms. The van der Waals surface area contributed by atoms with Crippen LogP contribution in [0.1, 0.15) is 51.9 Å². The fourth-order valence-electron chi connectivity index (χ4n) is 3.27. The lowest BCUT2D eigenvalue weighted by atomic mass is 9.87. The molecule has 0 aliphatic heterocycles. The van der Waals surface area contributed by atoms with E-state index in [1.165, 1.54) is 32.4 Å². The van der Waals surface area contributed by atoms with Crippen LogP contribution in [0.15, 0.2) is 0 Å². The van der Waals surface area contributed by atoms with Gasteiger partial charge in [0.25, 0.3) is 0 Å².